The number of carbonyl (C=O) groups is 2. The van der Waals surface area contributed by atoms with Crippen LogP contribution in [0, 0.1) is 12.7 Å². The number of hydrogen-bond donors (Lipinski definition) is 0. The van der Waals surface area contributed by atoms with Crippen LogP contribution in [0.1, 0.15) is 69.3 Å². The lowest BCUT2D eigenvalue weighted by atomic mass is 9.98. The third-order valence-corrected chi connectivity index (χ3v) is 7.69. The number of aromatic nitrogens is 1. The molecule has 2 aromatic heterocycles. The largest absolute Gasteiger partial charge is 0.494 e. The third-order valence-electron chi connectivity index (χ3n) is 6.55. The number of hydrogen-bond acceptors (Lipinski definition) is 8. The number of benzene rings is 2. The first kappa shape index (κ1) is 27.3. The summed E-state index contributed by atoms with van der Waals surface area (Å²) in [6.07, 6.45) is 4.53. The molecule has 0 N–H and O–H groups in total. The van der Waals surface area contributed by atoms with Gasteiger partial charge in [0.25, 0.3) is 5.91 Å². The lowest BCUT2D eigenvalue weighted by Crippen LogP contribution is -2.29. The van der Waals surface area contributed by atoms with E-state index < -0.39 is 29.2 Å². The van der Waals surface area contributed by atoms with E-state index in [0.29, 0.717) is 23.6 Å². The molecule has 5 rings (SSSR count). The fraction of sp³-hybridized carbons (Fsp3) is 0.267. The topological polar surface area (TPSA) is 98.9 Å². The van der Waals surface area contributed by atoms with Crippen LogP contribution in [0.3, 0.4) is 0 Å². The average molecular weight is 563 g/mol. The Bertz CT molecular complexity index is 1660. The summed E-state index contributed by atoms with van der Waals surface area (Å²) < 4.78 is 31.0. The zero-order chi connectivity index (χ0) is 28.4. The second-order valence-electron chi connectivity index (χ2n) is 9.31. The molecule has 40 heavy (non-hydrogen) atoms. The lowest BCUT2D eigenvalue weighted by Gasteiger charge is -2.22. The molecule has 0 spiro atoms. The summed E-state index contributed by atoms with van der Waals surface area (Å²) in [5.41, 5.74) is 0.622. The van der Waals surface area contributed by atoms with E-state index in [1.54, 1.807) is 31.2 Å². The predicted octanol–water partition coefficient (Wildman–Crippen LogP) is 6.36. The van der Waals surface area contributed by atoms with Gasteiger partial charge in [-0.2, -0.15) is 0 Å². The van der Waals surface area contributed by atoms with Crippen molar-refractivity contribution in [2.24, 2.45) is 0 Å². The molecule has 206 valence electrons. The Morgan fingerprint density at radius 3 is 2.70 bits per heavy atom. The van der Waals surface area contributed by atoms with Gasteiger partial charge in [-0.15, -0.1) is 0 Å². The fourth-order valence-corrected chi connectivity index (χ4v) is 5.61. The van der Waals surface area contributed by atoms with Crippen molar-refractivity contribution in [1.82, 2.24) is 4.98 Å². The Labute approximate surface area is 233 Å². The number of unbranched alkanes of at least 4 members (excludes halogenated alkanes) is 2. The molecule has 0 bridgehead atoms. The number of carbonyl (C=O) groups excluding carboxylic acids is 2. The van der Waals surface area contributed by atoms with Crippen molar-refractivity contribution in [2.75, 3.05) is 18.1 Å². The number of fused-ring (bicyclic) bond motifs is 2. The minimum atomic E-state index is -0.928. The highest BCUT2D eigenvalue weighted by atomic mass is 32.1. The van der Waals surface area contributed by atoms with Crippen LogP contribution in [0.25, 0.3) is 11.0 Å². The first-order valence-corrected chi connectivity index (χ1v) is 13.7. The van der Waals surface area contributed by atoms with E-state index in [1.807, 2.05) is 0 Å². The fourth-order valence-electron chi connectivity index (χ4n) is 4.62. The molecule has 1 amide bonds. The highest BCUT2D eigenvalue weighted by Crippen LogP contribution is 2.43. The molecule has 1 aliphatic rings. The summed E-state index contributed by atoms with van der Waals surface area (Å²) in [4.78, 5) is 46.2. The maximum atomic E-state index is 14.1. The predicted molar refractivity (Wildman–Crippen MR) is 150 cm³/mol. The molecule has 0 fully saturated rings. The molecule has 1 aliphatic heterocycles. The molecular formula is C30H27FN2O6S. The van der Waals surface area contributed by atoms with Gasteiger partial charge in [0, 0.05) is 0 Å². The van der Waals surface area contributed by atoms with E-state index in [0.717, 1.165) is 42.7 Å². The van der Waals surface area contributed by atoms with E-state index in [4.69, 9.17) is 13.9 Å². The third kappa shape index (κ3) is 5.02. The molecule has 10 heteroatoms. The van der Waals surface area contributed by atoms with Gasteiger partial charge in [-0.25, -0.2) is 14.2 Å². The lowest BCUT2D eigenvalue weighted by molar-refractivity contribution is 0.0554. The second-order valence-corrected chi connectivity index (χ2v) is 10.3. The van der Waals surface area contributed by atoms with Gasteiger partial charge in [-0.1, -0.05) is 55.9 Å². The van der Waals surface area contributed by atoms with Crippen LogP contribution in [-0.2, 0) is 4.74 Å². The van der Waals surface area contributed by atoms with Crippen molar-refractivity contribution in [2.45, 2.75) is 39.2 Å². The maximum absolute atomic E-state index is 14.1. The number of nitrogens with zero attached hydrogens (tertiary/aromatic N) is 2. The first-order valence-electron chi connectivity index (χ1n) is 12.9. The number of anilines is 1. The monoisotopic (exact) mass is 562 g/mol. The van der Waals surface area contributed by atoms with Crippen molar-refractivity contribution in [3.63, 3.8) is 0 Å². The molecule has 0 radical (unpaired) electrons. The van der Waals surface area contributed by atoms with Gasteiger partial charge in [0.2, 0.25) is 5.76 Å². The van der Waals surface area contributed by atoms with Gasteiger partial charge in [-0.3, -0.25) is 14.5 Å². The Hall–Kier alpha value is -4.31. The van der Waals surface area contributed by atoms with Crippen molar-refractivity contribution < 1.29 is 27.9 Å². The van der Waals surface area contributed by atoms with Crippen LogP contribution in [0.4, 0.5) is 9.52 Å². The number of rotatable bonds is 10. The van der Waals surface area contributed by atoms with Crippen LogP contribution in [0.15, 0.2) is 64.3 Å². The smallest absolute Gasteiger partial charge is 0.350 e. The minimum absolute atomic E-state index is 0.0245. The van der Waals surface area contributed by atoms with Gasteiger partial charge >= 0.3 is 5.97 Å². The van der Waals surface area contributed by atoms with Crippen molar-refractivity contribution in [3.05, 3.63) is 98.6 Å². The average Bonchev–Trinajstić information content (AvgIpc) is 3.47. The zero-order valence-corrected chi connectivity index (χ0v) is 22.9. The highest BCUT2D eigenvalue weighted by molar-refractivity contribution is 7.17. The van der Waals surface area contributed by atoms with Crippen LogP contribution < -0.4 is 15.1 Å². The standard InChI is InChI=1S/C30H27FN2O6S/c1-4-6-7-15-37-20-11-8-18(9-12-20)24-23-25(34)21-16-19(31)10-13-22(21)39-26(23)28(35)33(24)30-32-17(3)27(40-30)29(36)38-14-5-2/h5,8-13,16,24H,2,4,6-7,14-15H2,1,3H3. The van der Waals surface area contributed by atoms with Gasteiger partial charge in [-0.05, 0) is 49.2 Å². The van der Waals surface area contributed by atoms with Crippen molar-refractivity contribution in [1.29, 1.82) is 0 Å². The quantitative estimate of drug-likeness (QED) is 0.126. The van der Waals surface area contributed by atoms with Crippen LogP contribution >= 0.6 is 11.3 Å². The van der Waals surface area contributed by atoms with E-state index in [-0.39, 0.29) is 38.9 Å². The Morgan fingerprint density at radius 1 is 1.20 bits per heavy atom. The van der Waals surface area contributed by atoms with Crippen molar-refractivity contribution in [3.8, 4) is 5.75 Å². The van der Waals surface area contributed by atoms with Crippen molar-refractivity contribution >= 4 is 39.3 Å². The summed E-state index contributed by atoms with van der Waals surface area (Å²) in [5.74, 6) is -1.29. The van der Waals surface area contributed by atoms with E-state index >= 15 is 0 Å². The minimum Gasteiger partial charge on any atom is -0.494 e. The second kappa shape index (κ2) is 11.4. The summed E-state index contributed by atoms with van der Waals surface area (Å²) in [6, 6.07) is 9.74. The van der Waals surface area contributed by atoms with E-state index in [9.17, 15) is 18.8 Å². The molecule has 1 unspecified atom stereocenters. The Kier molecular flexibility index (Phi) is 7.79. The summed E-state index contributed by atoms with van der Waals surface area (Å²) in [5, 5.41) is 0.220. The summed E-state index contributed by atoms with van der Waals surface area (Å²) >= 11 is 0.976. The Morgan fingerprint density at radius 2 is 1.98 bits per heavy atom. The molecule has 8 nitrogen and oxygen atoms in total. The highest BCUT2D eigenvalue weighted by Gasteiger charge is 2.45. The number of ether oxygens (including phenoxy) is 2. The molecule has 0 saturated carbocycles. The van der Waals surface area contributed by atoms with E-state index in [2.05, 4.69) is 18.5 Å². The summed E-state index contributed by atoms with van der Waals surface area (Å²) in [6.45, 7) is 7.90. The van der Waals surface area contributed by atoms with Crippen LogP contribution in [0.2, 0.25) is 0 Å². The number of aryl methyl sites for hydroxylation is 1. The molecule has 3 heterocycles. The molecular weight excluding hydrogens is 535 g/mol. The number of thiazole rings is 1. The van der Waals surface area contributed by atoms with Gasteiger partial charge < -0.3 is 13.9 Å². The van der Waals surface area contributed by atoms with Crippen LogP contribution in [0.5, 0.6) is 5.75 Å². The molecule has 0 aliphatic carbocycles. The Balaban J connectivity index is 1.61. The summed E-state index contributed by atoms with van der Waals surface area (Å²) in [7, 11) is 0. The molecule has 4 aromatic rings. The molecule has 2 aromatic carbocycles. The number of halogens is 1. The zero-order valence-electron chi connectivity index (χ0n) is 22.1. The molecule has 0 saturated heterocycles. The number of amides is 1. The normalized spacial score (nSPS) is 14.4. The van der Waals surface area contributed by atoms with Gasteiger partial charge in [0.15, 0.2) is 10.6 Å². The SMILES string of the molecule is C=CCOC(=O)c1sc(N2C(=O)c3oc4ccc(F)cc4c(=O)c3C2c2ccc(OCCCCC)cc2)nc1C. The van der Waals surface area contributed by atoms with Gasteiger partial charge in [0.05, 0.1) is 29.3 Å². The van der Waals surface area contributed by atoms with Crippen LogP contribution in [-0.4, -0.2) is 30.1 Å². The number of esters is 1. The molecule has 1 atom stereocenters. The van der Waals surface area contributed by atoms with E-state index in [1.165, 1.54) is 17.0 Å². The van der Waals surface area contributed by atoms with Gasteiger partial charge in [0.1, 0.15) is 28.6 Å². The first-order chi connectivity index (χ1) is 19.3. The maximum Gasteiger partial charge on any atom is 0.350 e.